The van der Waals surface area contributed by atoms with Crippen LogP contribution >= 0.6 is 0 Å². The number of alkyl halides is 2. The van der Waals surface area contributed by atoms with Crippen LogP contribution in [0.3, 0.4) is 0 Å². The van der Waals surface area contributed by atoms with Crippen molar-refractivity contribution < 1.29 is 27.8 Å². The number of benzene rings is 1. The van der Waals surface area contributed by atoms with Gasteiger partial charge < -0.3 is 9.47 Å². The summed E-state index contributed by atoms with van der Waals surface area (Å²) in [5.41, 5.74) is -0.738. The number of nitrogens with zero attached hydrogens (tertiary/aromatic N) is 1. The molecule has 0 aliphatic heterocycles. The Hall–Kier alpha value is -2.49. The summed E-state index contributed by atoms with van der Waals surface area (Å²) in [4.78, 5) is 22.3. The first-order chi connectivity index (χ1) is 9.03. The Kier molecular flexibility index (Phi) is 4.94. The summed E-state index contributed by atoms with van der Waals surface area (Å²) in [6, 6.07) is 3.65. The average molecular weight is 269 g/mol. The molecule has 7 heteroatoms. The van der Waals surface area contributed by atoms with Gasteiger partial charge in [-0.3, -0.25) is 4.79 Å². The molecule has 0 amide bonds. The van der Waals surface area contributed by atoms with Crippen molar-refractivity contribution in [3.8, 4) is 11.8 Å². The smallest absolute Gasteiger partial charge is 0.387 e. The van der Waals surface area contributed by atoms with E-state index in [1.807, 2.05) is 0 Å². The Morgan fingerprint density at radius 2 is 2.21 bits per heavy atom. The lowest BCUT2D eigenvalue weighted by Crippen LogP contribution is -2.10. The molecule has 0 radical (unpaired) electrons. The number of carbonyl (C=O) groups is 2. The van der Waals surface area contributed by atoms with Crippen LogP contribution < -0.4 is 4.74 Å². The van der Waals surface area contributed by atoms with Crippen LogP contribution in [-0.2, 0) is 4.74 Å². The standard InChI is InChI=1S/C12H9F2NO4/c1-2-18-11(17)7-3-8(5-15)10(19-12(13)14)9(4-7)6-16/h3-4,6,12H,2H2,1H3. The third-order valence-corrected chi connectivity index (χ3v) is 2.08. The molecule has 5 nitrogen and oxygen atoms in total. The van der Waals surface area contributed by atoms with Gasteiger partial charge in [-0.15, -0.1) is 0 Å². The zero-order chi connectivity index (χ0) is 14.4. The summed E-state index contributed by atoms with van der Waals surface area (Å²) in [6.07, 6.45) is 0.223. The summed E-state index contributed by atoms with van der Waals surface area (Å²) in [5.74, 6) is -1.31. The van der Waals surface area contributed by atoms with Crippen LogP contribution in [0.4, 0.5) is 8.78 Å². The van der Waals surface area contributed by atoms with Gasteiger partial charge in [-0.1, -0.05) is 0 Å². The van der Waals surface area contributed by atoms with E-state index >= 15 is 0 Å². The number of aldehydes is 1. The second kappa shape index (κ2) is 6.44. The third kappa shape index (κ3) is 3.48. The van der Waals surface area contributed by atoms with Crippen molar-refractivity contribution >= 4 is 12.3 Å². The molecule has 0 saturated heterocycles. The van der Waals surface area contributed by atoms with Crippen molar-refractivity contribution in [3.63, 3.8) is 0 Å². The zero-order valence-corrected chi connectivity index (χ0v) is 9.85. The maximum Gasteiger partial charge on any atom is 0.387 e. The summed E-state index contributed by atoms with van der Waals surface area (Å²) in [7, 11) is 0. The molecule has 0 heterocycles. The minimum atomic E-state index is -3.18. The quantitative estimate of drug-likeness (QED) is 0.604. The topological polar surface area (TPSA) is 76.4 Å². The van der Waals surface area contributed by atoms with Crippen LogP contribution in [0.1, 0.15) is 33.2 Å². The van der Waals surface area contributed by atoms with Gasteiger partial charge in [0.15, 0.2) is 12.0 Å². The lowest BCUT2D eigenvalue weighted by molar-refractivity contribution is -0.0502. The Bertz CT molecular complexity index is 537. The predicted octanol–water partition coefficient (Wildman–Crippen LogP) is 2.15. The van der Waals surface area contributed by atoms with E-state index in [0.29, 0.717) is 0 Å². The van der Waals surface area contributed by atoms with Crippen molar-refractivity contribution in [1.82, 2.24) is 0 Å². The normalized spacial score (nSPS) is 9.84. The highest BCUT2D eigenvalue weighted by Crippen LogP contribution is 2.26. The van der Waals surface area contributed by atoms with E-state index in [1.165, 1.54) is 0 Å². The van der Waals surface area contributed by atoms with E-state index in [-0.39, 0.29) is 29.6 Å². The zero-order valence-electron chi connectivity index (χ0n) is 9.85. The van der Waals surface area contributed by atoms with Gasteiger partial charge >= 0.3 is 12.6 Å². The van der Waals surface area contributed by atoms with Gasteiger partial charge in [0.1, 0.15) is 6.07 Å². The number of rotatable bonds is 5. The van der Waals surface area contributed by atoms with Crippen molar-refractivity contribution in [2.24, 2.45) is 0 Å². The van der Waals surface area contributed by atoms with Gasteiger partial charge in [-0.25, -0.2) is 4.79 Å². The van der Waals surface area contributed by atoms with Gasteiger partial charge in [-0.05, 0) is 19.1 Å². The molecule has 1 aromatic carbocycles. The number of carbonyl (C=O) groups excluding carboxylic acids is 2. The second-order valence-electron chi connectivity index (χ2n) is 3.27. The SMILES string of the molecule is CCOC(=O)c1cc(C#N)c(OC(F)F)c(C=O)c1. The number of esters is 1. The predicted molar refractivity (Wildman–Crippen MR) is 59.1 cm³/mol. The van der Waals surface area contributed by atoms with Crippen molar-refractivity contribution in [1.29, 1.82) is 5.26 Å². The van der Waals surface area contributed by atoms with E-state index in [9.17, 15) is 18.4 Å². The molecular formula is C12H9F2NO4. The number of halogens is 2. The fourth-order valence-electron chi connectivity index (χ4n) is 1.37. The molecule has 0 atom stereocenters. The Labute approximate surface area is 107 Å². The molecule has 1 rings (SSSR count). The number of nitriles is 1. The molecule has 0 unspecified atom stereocenters. The fraction of sp³-hybridized carbons (Fsp3) is 0.250. The molecule has 0 saturated carbocycles. The maximum atomic E-state index is 12.2. The molecular weight excluding hydrogens is 260 g/mol. The van der Waals surface area contributed by atoms with Crippen LogP contribution in [0.2, 0.25) is 0 Å². The van der Waals surface area contributed by atoms with Gasteiger partial charge in [0, 0.05) is 0 Å². The number of hydrogen-bond acceptors (Lipinski definition) is 5. The average Bonchev–Trinajstić information content (AvgIpc) is 2.38. The Balaban J connectivity index is 3.32. The molecule has 0 fully saturated rings. The molecule has 0 aromatic heterocycles. The summed E-state index contributed by atoms with van der Waals surface area (Å²) in [6.45, 7) is -1.50. The van der Waals surface area contributed by atoms with E-state index in [2.05, 4.69) is 4.74 Å². The summed E-state index contributed by atoms with van der Waals surface area (Å²) < 4.78 is 33.2. The summed E-state index contributed by atoms with van der Waals surface area (Å²) >= 11 is 0. The van der Waals surface area contributed by atoms with Crippen LogP contribution in [0.25, 0.3) is 0 Å². The van der Waals surface area contributed by atoms with E-state index in [0.717, 1.165) is 12.1 Å². The maximum absolute atomic E-state index is 12.2. The lowest BCUT2D eigenvalue weighted by atomic mass is 10.1. The van der Waals surface area contributed by atoms with Gasteiger partial charge in [0.25, 0.3) is 0 Å². The molecule has 0 aliphatic rings. The minimum Gasteiger partial charge on any atom is -0.462 e. The molecule has 19 heavy (non-hydrogen) atoms. The monoisotopic (exact) mass is 269 g/mol. The Morgan fingerprint density at radius 1 is 1.53 bits per heavy atom. The Morgan fingerprint density at radius 3 is 2.68 bits per heavy atom. The fourth-order valence-corrected chi connectivity index (χ4v) is 1.37. The lowest BCUT2D eigenvalue weighted by Gasteiger charge is -2.10. The van der Waals surface area contributed by atoms with Crippen LogP contribution in [0, 0.1) is 11.3 Å². The van der Waals surface area contributed by atoms with Crippen LogP contribution in [-0.4, -0.2) is 25.5 Å². The highest BCUT2D eigenvalue weighted by molar-refractivity contribution is 5.94. The molecule has 0 aliphatic carbocycles. The number of ether oxygens (including phenoxy) is 2. The molecule has 0 N–H and O–H groups in total. The third-order valence-electron chi connectivity index (χ3n) is 2.08. The largest absolute Gasteiger partial charge is 0.462 e. The molecule has 0 spiro atoms. The van der Waals surface area contributed by atoms with E-state index in [1.54, 1.807) is 13.0 Å². The first-order valence-electron chi connectivity index (χ1n) is 5.18. The van der Waals surface area contributed by atoms with Crippen LogP contribution in [0.15, 0.2) is 12.1 Å². The molecule has 1 aromatic rings. The minimum absolute atomic E-state index is 0.0814. The summed E-state index contributed by atoms with van der Waals surface area (Å²) in [5, 5.41) is 8.84. The van der Waals surface area contributed by atoms with Gasteiger partial charge in [0.2, 0.25) is 0 Å². The van der Waals surface area contributed by atoms with Crippen molar-refractivity contribution in [3.05, 3.63) is 28.8 Å². The first-order valence-corrected chi connectivity index (χ1v) is 5.18. The van der Waals surface area contributed by atoms with Crippen molar-refractivity contribution in [2.45, 2.75) is 13.5 Å². The van der Waals surface area contributed by atoms with E-state index < -0.39 is 18.3 Å². The first kappa shape index (κ1) is 14.6. The molecule has 100 valence electrons. The number of hydrogen-bond donors (Lipinski definition) is 0. The molecule has 0 bridgehead atoms. The second-order valence-corrected chi connectivity index (χ2v) is 3.27. The van der Waals surface area contributed by atoms with Gasteiger partial charge in [0.05, 0.1) is 23.3 Å². The van der Waals surface area contributed by atoms with Crippen LogP contribution in [0.5, 0.6) is 5.75 Å². The highest BCUT2D eigenvalue weighted by atomic mass is 19.3. The highest BCUT2D eigenvalue weighted by Gasteiger charge is 2.19. The van der Waals surface area contributed by atoms with E-state index in [4.69, 9.17) is 10.00 Å². The van der Waals surface area contributed by atoms with Crippen molar-refractivity contribution in [2.75, 3.05) is 6.61 Å². The van der Waals surface area contributed by atoms with Gasteiger partial charge in [-0.2, -0.15) is 14.0 Å².